The van der Waals surface area contributed by atoms with E-state index >= 15 is 0 Å². The Morgan fingerprint density at radius 1 is 1.20 bits per heavy atom. The molecule has 0 saturated carbocycles. The Balaban J connectivity index is 1.60. The van der Waals surface area contributed by atoms with E-state index in [2.05, 4.69) is 20.4 Å². The first kappa shape index (κ1) is 23.7. The summed E-state index contributed by atoms with van der Waals surface area (Å²) in [6.07, 6.45) is 2.93. The molecule has 35 heavy (non-hydrogen) atoms. The average molecular weight is 489 g/mol. The molecule has 3 heterocycles. The van der Waals surface area contributed by atoms with Crippen LogP contribution < -0.4 is 16.8 Å². The number of fused-ring (bicyclic) bond motifs is 1. The van der Waals surface area contributed by atoms with Gasteiger partial charge in [-0.05, 0) is 54.8 Å². The molecule has 0 aliphatic carbocycles. The first-order chi connectivity index (χ1) is 16.7. The SMILES string of the molecule is Cc1cc(N)nc(C)c1CNC(=O)c1cn(Cc2cc(C(N)=O)c3ncc(Cl)cc3c2)nc1C#N. The van der Waals surface area contributed by atoms with Crippen molar-refractivity contribution < 1.29 is 9.59 Å². The number of rotatable bonds is 6. The zero-order valence-electron chi connectivity index (χ0n) is 19.0. The van der Waals surface area contributed by atoms with E-state index in [-0.39, 0.29) is 29.9 Å². The summed E-state index contributed by atoms with van der Waals surface area (Å²) >= 11 is 6.06. The predicted molar refractivity (Wildman–Crippen MR) is 131 cm³/mol. The van der Waals surface area contributed by atoms with E-state index in [1.165, 1.54) is 17.1 Å². The number of carbonyl (C=O) groups excluding carboxylic acids is 2. The van der Waals surface area contributed by atoms with Crippen LogP contribution in [0.1, 0.15) is 48.8 Å². The number of aryl methyl sites for hydroxylation is 2. The number of nitriles is 1. The zero-order chi connectivity index (χ0) is 25.3. The van der Waals surface area contributed by atoms with Crippen molar-refractivity contribution in [3.63, 3.8) is 0 Å². The zero-order valence-corrected chi connectivity index (χ0v) is 19.7. The number of primary amides is 1. The second kappa shape index (κ2) is 9.40. The molecule has 176 valence electrons. The highest BCUT2D eigenvalue weighted by atomic mass is 35.5. The van der Waals surface area contributed by atoms with Crippen molar-refractivity contribution >= 4 is 40.1 Å². The minimum atomic E-state index is -0.632. The quantitative estimate of drug-likeness (QED) is 0.375. The predicted octanol–water partition coefficient (Wildman–Crippen LogP) is 2.63. The summed E-state index contributed by atoms with van der Waals surface area (Å²) in [4.78, 5) is 33.3. The Morgan fingerprint density at radius 2 is 1.97 bits per heavy atom. The van der Waals surface area contributed by atoms with Crippen molar-refractivity contribution in [2.24, 2.45) is 5.73 Å². The van der Waals surface area contributed by atoms with Crippen LogP contribution in [0, 0.1) is 25.2 Å². The molecule has 4 aromatic rings. The van der Waals surface area contributed by atoms with Gasteiger partial charge in [0.1, 0.15) is 11.9 Å². The van der Waals surface area contributed by atoms with Crippen molar-refractivity contribution in [2.75, 3.05) is 5.73 Å². The molecule has 4 rings (SSSR count). The van der Waals surface area contributed by atoms with E-state index in [4.69, 9.17) is 23.1 Å². The lowest BCUT2D eigenvalue weighted by atomic mass is 10.0. The number of halogens is 1. The van der Waals surface area contributed by atoms with Gasteiger partial charge in [0.05, 0.1) is 28.2 Å². The lowest BCUT2D eigenvalue weighted by molar-refractivity contribution is 0.0949. The van der Waals surface area contributed by atoms with Gasteiger partial charge in [-0.25, -0.2) is 4.98 Å². The number of hydrogen-bond acceptors (Lipinski definition) is 7. The summed E-state index contributed by atoms with van der Waals surface area (Å²) in [6, 6.07) is 8.78. The van der Waals surface area contributed by atoms with Crippen molar-refractivity contribution in [3.8, 4) is 6.07 Å². The van der Waals surface area contributed by atoms with Gasteiger partial charge in [0, 0.05) is 30.0 Å². The maximum absolute atomic E-state index is 12.9. The van der Waals surface area contributed by atoms with Gasteiger partial charge in [-0.3, -0.25) is 19.3 Å². The third-order valence-corrected chi connectivity index (χ3v) is 5.74. The molecule has 5 N–H and O–H groups in total. The minimum absolute atomic E-state index is 0.0213. The number of nitrogen functional groups attached to an aromatic ring is 1. The lowest BCUT2D eigenvalue weighted by Gasteiger charge is -2.11. The molecule has 11 heteroatoms. The van der Waals surface area contributed by atoms with E-state index in [0.29, 0.717) is 27.3 Å². The van der Waals surface area contributed by atoms with Crippen molar-refractivity contribution in [1.82, 2.24) is 25.1 Å². The summed E-state index contributed by atoms with van der Waals surface area (Å²) in [5, 5.41) is 17.6. The van der Waals surface area contributed by atoms with Gasteiger partial charge in [0.2, 0.25) is 0 Å². The van der Waals surface area contributed by atoms with Crippen LogP contribution in [-0.2, 0) is 13.1 Å². The molecule has 10 nitrogen and oxygen atoms in total. The Hall–Kier alpha value is -4.49. The number of amides is 2. The van der Waals surface area contributed by atoms with E-state index in [1.807, 2.05) is 19.9 Å². The number of hydrogen-bond donors (Lipinski definition) is 3. The molecular weight excluding hydrogens is 468 g/mol. The Labute approximate surface area is 205 Å². The summed E-state index contributed by atoms with van der Waals surface area (Å²) < 4.78 is 1.46. The highest BCUT2D eigenvalue weighted by molar-refractivity contribution is 6.31. The number of nitrogens with two attached hydrogens (primary N) is 2. The Morgan fingerprint density at radius 3 is 2.66 bits per heavy atom. The van der Waals surface area contributed by atoms with E-state index in [0.717, 1.165) is 16.8 Å². The topological polar surface area (TPSA) is 166 Å². The molecule has 0 aliphatic rings. The van der Waals surface area contributed by atoms with E-state index in [9.17, 15) is 14.9 Å². The van der Waals surface area contributed by atoms with Gasteiger partial charge < -0.3 is 16.8 Å². The largest absolute Gasteiger partial charge is 0.384 e. The van der Waals surface area contributed by atoms with Crippen molar-refractivity contribution in [3.05, 3.63) is 80.9 Å². The lowest BCUT2D eigenvalue weighted by Crippen LogP contribution is -2.24. The Bertz CT molecular complexity index is 1510. The standard InChI is InChI=1S/C24H21ClN8O2/c1-12-3-21(27)31-13(2)18(12)9-30-24(35)19-11-33(32-20(19)7-26)10-14-4-15-6-16(25)8-29-22(15)17(5-14)23(28)34/h3-6,8,11H,9-10H2,1-2H3,(H2,27,31)(H2,28,34)(H,30,35). The number of benzene rings is 1. The molecule has 3 aromatic heterocycles. The second-order valence-corrected chi connectivity index (χ2v) is 8.48. The monoisotopic (exact) mass is 488 g/mol. The van der Waals surface area contributed by atoms with Crippen LogP contribution in [0.15, 0.2) is 36.7 Å². The summed E-state index contributed by atoms with van der Waals surface area (Å²) in [5.41, 5.74) is 15.2. The van der Waals surface area contributed by atoms with Gasteiger partial charge in [-0.2, -0.15) is 10.4 Å². The molecule has 1 aromatic carbocycles. The fourth-order valence-corrected chi connectivity index (χ4v) is 4.09. The van der Waals surface area contributed by atoms with Crippen molar-refractivity contribution in [1.29, 1.82) is 5.26 Å². The molecule has 0 unspecified atom stereocenters. The maximum Gasteiger partial charge on any atom is 0.256 e. The summed E-state index contributed by atoms with van der Waals surface area (Å²) in [5.74, 6) is -0.669. The van der Waals surface area contributed by atoms with E-state index < -0.39 is 11.8 Å². The molecule has 2 amide bonds. The smallest absolute Gasteiger partial charge is 0.256 e. The molecular formula is C24H21ClN8O2. The third-order valence-electron chi connectivity index (χ3n) is 5.53. The molecule has 0 radical (unpaired) electrons. The summed E-state index contributed by atoms with van der Waals surface area (Å²) in [6.45, 7) is 4.11. The van der Waals surface area contributed by atoms with Crippen LogP contribution in [0.3, 0.4) is 0 Å². The highest BCUT2D eigenvalue weighted by Crippen LogP contribution is 2.23. The fraction of sp³-hybridized carbons (Fsp3) is 0.167. The van der Waals surface area contributed by atoms with Gasteiger partial charge in [-0.15, -0.1) is 0 Å². The fourth-order valence-electron chi connectivity index (χ4n) is 3.92. The number of nitrogens with zero attached hydrogens (tertiary/aromatic N) is 5. The number of anilines is 1. The molecule has 0 bridgehead atoms. The van der Waals surface area contributed by atoms with Gasteiger partial charge in [0.15, 0.2) is 5.69 Å². The van der Waals surface area contributed by atoms with Crippen LogP contribution in [0.25, 0.3) is 10.9 Å². The average Bonchev–Trinajstić information content (AvgIpc) is 3.20. The van der Waals surface area contributed by atoms with E-state index in [1.54, 1.807) is 24.3 Å². The number of nitrogens with one attached hydrogen (secondary N) is 1. The number of carbonyl (C=O) groups is 2. The third kappa shape index (κ3) is 4.90. The van der Waals surface area contributed by atoms with Crippen LogP contribution in [0.2, 0.25) is 5.02 Å². The van der Waals surface area contributed by atoms with Crippen molar-refractivity contribution in [2.45, 2.75) is 26.9 Å². The molecule has 0 spiro atoms. The van der Waals surface area contributed by atoms with Crippen LogP contribution >= 0.6 is 11.6 Å². The van der Waals surface area contributed by atoms with Gasteiger partial charge in [-0.1, -0.05) is 11.6 Å². The second-order valence-electron chi connectivity index (χ2n) is 8.04. The van der Waals surface area contributed by atoms with Crippen LogP contribution in [0.5, 0.6) is 0 Å². The first-order valence-electron chi connectivity index (χ1n) is 10.5. The van der Waals surface area contributed by atoms with Gasteiger partial charge in [0.25, 0.3) is 11.8 Å². The molecule has 0 aliphatic heterocycles. The van der Waals surface area contributed by atoms with Crippen LogP contribution in [0.4, 0.5) is 5.82 Å². The van der Waals surface area contributed by atoms with Crippen LogP contribution in [-0.4, -0.2) is 31.6 Å². The summed E-state index contributed by atoms with van der Waals surface area (Å²) in [7, 11) is 0. The number of pyridine rings is 2. The number of aromatic nitrogens is 4. The highest BCUT2D eigenvalue weighted by Gasteiger charge is 2.18. The van der Waals surface area contributed by atoms with Gasteiger partial charge >= 0.3 is 0 Å². The normalized spacial score (nSPS) is 10.8. The Kier molecular flexibility index (Phi) is 6.36. The first-order valence-corrected chi connectivity index (χ1v) is 10.9. The minimum Gasteiger partial charge on any atom is -0.384 e. The molecule has 0 fully saturated rings. The maximum atomic E-state index is 12.9. The molecule has 0 saturated heterocycles. The molecule has 0 atom stereocenters.